The highest BCUT2D eigenvalue weighted by Crippen LogP contribution is 2.39. The van der Waals surface area contributed by atoms with Crippen molar-refractivity contribution in [2.45, 2.75) is 43.9 Å². The highest BCUT2D eigenvalue weighted by atomic mass is 32.2. The molecule has 1 atom stereocenters. The van der Waals surface area contributed by atoms with Crippen LogP contribution in [0, 0.1) is 23.2 Å². The van der Waals surface area contributed by atoms with E-state index in [0.717, 1.165) is 24.8 Å². The third-order valence-electron chi connectivity index (χ3n) is 6.38. The maximum absolute atomic E-state index is 12.9. The van der Waals surface area contributed by atoms with Gasteiger partial charge in [-0.05, 0) is 67.9 Å². The van der Waals surface area contributed by atoms with Crippen LogP contribution in [0.25, 0.3) is 0 Å². The van der Waals surface area contributed by atoms with Crippen LogP contribution in [0.3, 0.4) is 0 Å². The fourth-order valence-electron chi connectivity index (χ4n) is 4.43. The quantitative estimate of drug-likeness (QED) is 0.712. The largest absolute Gasteiger partial charge is 0.497 e. The first-order valence-electron chi connectivity index (χ1n) is 10.8. The smallest absolute Gasteiger partial charge is 0.243 e. The summed E-state index contributed by atoms with van der Waals surface area (Å²) in [6.45, 7) is 2.78. The minimum absolute atomic E-state index is 0.130. The van der Waals surface area contributed by atoms with Gasteiger partial charge in [0, 0.05) is 23.9 Å². The predicted molar refractivity (Wildman–Crippen MR) is 123 cm³/mol. The molecule has 1 N–H and O–H groups in total. The highest BCUT2D eigenvalue weighted by Gasteiger charge is 2.33. The number of sulfonamides is 1. The standard InChI is InChI=1S/C23H27N3O4S2/c1-15-3-8-19-20(14-24)23(31-21(19)13-15)25-22(27)16-9-11-26(12-10-16)32(28,29)18-6-4-17(30-2)5-7-18/h4-7,15-16H,3,8-13H2,1-2H3,(H,25,27)/t15-/m0/s1. The Morgan fingerprint density at radius 2 is 1.91 bits per heavy atom. The van der Waals surface area contributed by atoms with Crippen LogP contribution in [-0.2, 0) is 27.7 Å². The first kappa shape index (κ1) is 22.8. The van der Waals surface area contributed by atoms with Crippen molar-refractivity contribution in [2.75, 3.05) is 25.5 Å². The van der Waals surface area contributed by atoms with Gasteiger partial charge in [0.2, 0.25) is 15.9 Å². The van der Waals surface area contributed by atoms with E-state index in [-0.39, 0.29) is 29.8 Å². The molecule has 2 aliphatic rings. The molecule has 0 radical (unpaired) electrons. The number of nitriles is 1. The molecule has 0 spiro atoms. The second-order valence-electron chi connectivity index (χ2n) is 8.51. The third kappa shape index (κ3) is 4.40. The molecule has 0 saturated carbocycles. The van der Waals surface area contributed by atoms with Crippen LogP contribution in [0.15, 0.2) is 29.2 Å². The number of amides is 1. The van der Waals surface area contributed by atoms with Crippen molar-refractivity contribution in [1.29, 1.82) is 5.26 Å². The number of hydrogen-bond donors (Lipinski definition) is 1. The second-order valence-corrected chi connectivity index (χ2v) is 11.6. The number of anilines is 1. The molecule has 4 rings (SSSR count). The van der Waals surface area contributed by atoms with Crippen LogP contribution in [-0.4, -0.2) is 38.8 Å². The molecule has 2 aromatic rings. The monoisotopic (exact) mass is 473 g/mol. The van der Waals surface area contributed by atoms with E-state index >= 15 is 0 Å². The molecular formula is C23H27N3O4S2. The van der Waals surface area contributed by atoms with E-state index in [1.165, 1.54) is 39.8 Å². The molecular weight excluding hydrogens is 446 g/mol. The Labute approximate surface area is 193 Å². The molecule has 1 fully saturated rings. The van der Waals surface area contributed by atoms with Crippen molar-refractivity contribution in [2.24, 2.45) is 11.8 Å². The molecule has 1 amide bonds. The van der Waals surface area contributed by atoms with Gasteiger partial charge >= 0.3 is 0 Å². The lowest BCUT2D eigenvalue weighted by molar-refractivity contribution is -0.120. The van der Waals surface area contributed by atoms with E-state index in [1.54, 1.807) is 12.1 Å². The van der Waals surface area contributed by atoms with Gasteiger partial charge in [0.25, 0.3) is 0 Å². The number of ether oxygens (including phenoxy) is 1. The van der Waals surface area contributed by atoms with Crippen LogP contribution in [0.1, 0.15) is 42.2 Å². The SMILES string of the molecule is COc1ccc(S(=O)(=O)N2CCC(C(=O)Nc3sc4c(c3C#N)CC[C@H](C)C4)CC2)cc1. The van der Waals surface area contributed by atoms with Crippen molar-refractivity contribution in [1.82, 2.24) is 4.31 Å². The highest BCUT2D eigenvalue weighted by molar-refractivity contribution is 7.89. The molecule has 1 aliphatic carbocycles. The maximum Gasteiger partial charge on any atom is 0.243 e. The van der Waals surface area contributed by atoms with Gasteiger partial charge in [0.05, 0.1) is 17.6 Å². The van der Waals surface area contributed by atoms with Gasteiger partial charge in [-0.3, -0.25) is 4.79 Å². The lowest BCUT2D eigenvalue weighted by Gasteiger charge is -2.30. The fraction of sp³-hybridized carbons (Fsp3) is 0.478. The van der Waals surface area contributed by atoms with E-state index in [0.29, 0.717) is 35.1 Å². The minimum Gasteiger partial charge on any atom is -0.497 e. The van der Waals surface area contributed by atoms with Crippen LogP contribution in [0.2, 0.25) is 0 Å². The summed E-state index contributed by atoms with van der Waals surface area (Å²) in [5.74, 6) is 0.783. The number of methoxy groups -OCH3 is 1. The molecule has 9 heteroatoms. The Morgan fingerprint density at radius 1 is 1.22 bits per heavy atom. The molecule has 1 saturated heterocycles. The molecule has 0 bridgehead atoms. The van der Waals surface area contributed by atoms with E-state index in [4.69, 9.17) is 4.74 Å². The Morgan fingerprint density at radius 3 is 2.53 bits per heavy atom. The Bertz CT molecular complexity index is 1140. The zero-order chi connectivity index (χ0) is 22.9. The normalized spacial score (nSPS) is 19.7. The molecule has 2 heterocycles. The lowest BCUT2D eigenvalue weighted by atomic mass is 9.88. The summed E-state index contributed by atoms with van der Waals surface area (Å²) < 4.78 is 32.4. The first-order valence-corrected chi connectivity index (χ1v) is 13.1. The summed E-state index contributed by atoms with van der Waals surface area (Å²) in [7, 11) is -2.08. The summed E-state index contributed by atoms with van der Waals surface area (Å²) >= 11 is 1.52. The Balaban J connectivity index is 1.40. The van der Waals surface area contributed by atoms with Gasteiger partial charge in [-0.15, -0.1) is 11.3 Å². The molecule has 1 aliphatic heterocycles. The molecule has 1 aromatic carbocycles. The minimum atomic E-state index is -3.61. The summed E-state index contributed by atoms with van der Waals surface area (Å²) in [6.07, 6.45) is 3.79. The van der Waals surface area contributed by atoms with Gasteiger partial charge in [0.1, 0.15) is 16.8 Å². The number of nitrogens with zero attached hydrogens (tertiary/aromatic N) is 2. The summed E-state index contributed by atoms with van der Waals surface area (Å²) in [5, 5.41) is 13.3. The molecule has 7 nitrogen and oxygen atoms in total. The number of carbonyl (C=O) groups is 1. The predicted octanol–water partition coefficient (Wildman–Crippen LogP) is 3.79. The number of hydrogen-bond acceptors (Lipinski definition) is 6. The zero-order valence-corrected chi connectivity index (χ0v) is 19.9. The Kier molecular flexibility index (Phi) is 6.56. The molecule has 1 aromatic heterocycles. The van der Waals surface area contributed by atoms with Crippen molar-refractivity contribution in [3.8, 4) is 11.8 Å². The lowest BCUT2D eigenvalue weighted by Crippen LogP contribution is -2.41. The summed E-state index contributed by atoms with van der Waals surface area (Å²) in [6, 6.07) is 8.61. The van der Waals surface area contributed by atoms with Crippen molar-refractivity contribution < 1.29 is 17.9 Å². The number of carbonyl (C=O) groups excluding carboxylic acids is 1. The number of thiophene rings is 1. The topological polar surface area (TPSA) is 99.5 Å². The van der Waals surface area contributed by atoms with Gasteiger partial charge in [-0.1, -0.05) is 6.92 Å². The van der Waals surface area contributed by atoms with Crippen molar-refractivity contribution in [3.05, 3.63) is 40.3 Å². The maximum atomic E-state index is 12.9. The van der Waals surface area contributed by atoms with Crippen LogP contribution < -0.4 is 10.1 Å². The van der Waals surface area contributed by atoms with Crippen LogP contribution >= 0.6 is 11.3 Å². The van der Waals surface area contributed by atoms with E-state index in [9.17, 15) is 18.5 Å². The average Bonchev–Trinajstić information content (AvgIpc) is 3.14. The summed E-state index contributed by atoms with van der Waals surface area (Å²) in [4.78, 5) is 14.3. The summed E-state index contributed by atoms with van der Waals surface area (Å²) in [5.41, 5.74) is 1.69. The zero-order valence-electron chi connectivity index (χ0n) is 18.3. The van der Waals surface area contributed by atoms with Gasteiger partial charge < -0.3 is 10.1 Å². The second kappa shape index (κ2) is 9.22. The van der Waals surface area contributed by atoms with Gasteiger partial charge in [-0.25, -0.2) is 8.42 Å². The molecule has 0 unspecified atom stereocenters. The third-order valence-corrected chi connectivity index (χ3v) is 9.46. The number of benzene rings is 1. The number of piperidine rings is 1. The van der Waals surface area contributed by atoms with Gasteiger partial charge in [0.15, 0.2) is 0 Å². The Hall–Kier alpha value is -2.41. The van der Waals surface area contributed by atoms with Crippen molar-refractivity contribution in [3.63, 3.8) is 0 Å². The molecule has 170 valence electrons. The average molecular weight is 474 g/mol. The number of rotatable bonds is 5. The molecule has 32 heavy (non-hydrogen) atoms. The fourth-order valence-corrected chi connectivity index (χ4v) is 7.26. The number of nitrogens with one attached hydrogen (secondary N) is 1. The number of fused-ring (bicyclic) bond motifs is 1. The van der Waals surface area contributed by atoms with Gasteiger partial charge in [-0.2, -0.15) is 9.57 Å². The van der Waals surface area contributed by atoms with Crippen molar-refractivity contribution >= 4 is 32.3 Å². The van der Waals surface area contributed by atoms with Crippen LogP contribution in [0.4, 0.5) is 5.00 Å². The van der Waals surface area contributed by atoms with E-state index < -0.39 is 10.0 Å². The van der Waals surface area contributed by atoms with E-state index in [1.807, 2.05) is 0 Å². The van der Waals surface area contributed by atoms with Crippen LogP contribution in [0.5, 0.6) is 5.75 Å². The van der Waals surface area contributed by atoms with E-state index in [2.05, 4.69) is 18.3 Å². The first-order chi connectivity index (χ1) is 15.3.